The highest BCUT2D eigenvalue weighted by Crippen LogP contribution is 2.15. The van der Waals surface area contributed by atoms with Crippen LogP contribution in [0.4, 0.5) is 4.79 Å². The molecule has 2 rings (SSSR count). The Hall–Kier alpha value is -1.39. The van der Waals surface area contributed by atoms with Gasteiger partial charge in [0.15, 0.2) is 0 Å². The molecule has 2 aliphatic heterocycles. The first-order valence-corrected chi connectivity index (χ1v) is 10.9. The zero-order valence-electron chi connectivity index (χ0n) is 15.5. The van der Waals surface area contributed by atoms with Crippen molar-refractivity contribution < 1.29 is 27.5 Å². The van der Waals surface area contributed by atoms with Crippen molar-refractivity contribution in [3.63, 3.8) is 0 Å². The van der Waals surface area contributed by atoms with Gasteiger partial charge in [0.2, 0.25) is 15.9 Å². The molecule has 10 heteroatoms. The van der Waals surface area contributed by atoms with Gasteiger partial charge in [0, 0.05) is 32.3 Å². The van der Waals surface area contributed by atoms with E-state index < -0.39 is 10.0 Å². The number of hydrogen-bond donors (Lipinski definition) is 1. The summed E-state index contributed by atoms with van der Waals surface area (Å²) in [5, 5.41) is 2.87. The van der Waals surface area contributed by atoms with Crippen LogP contribution < -0.4 is 5.32 Å². The molecule has 2 amide bonds. The van der Waals surface area contributed by atoms with Crippen molar-refractivity contribution >= 4 is 22.0 Å². The van der Waals surface area contributed by atoms with Crippen molar-refractivity contribution in [2.75, 3.05) is 45.6 Å². The van der Waals surface area contributed by atoms with Crippen LogP contribution in [0.15, 0.2) is 0 Å². The fraction of sp³-hybridized carbons (Fsp3) is 0.875. The van der Waals surface area contributed by atoms with E-state index in [0.717, 1.165) is 19.1 Å². The lowest BCUT2D eigenvalue weighted by molar-refractivity contribution is -0.122. The molecule has 0 bridgehead atoms. The van der Waals surface area contributed by atoms with Gasteiger partial charge in [0.25, 0.3) is 0 Å². The summed E-state index contributed by atoms with van der Waals surface area (Å²) < 4.78 is 35.5. The summed E-state index contributed by atoms with van der Waals surface area (Å²) in [6.45, 7) is 3.74. The topological polar surface area (TPSA) is 105 Å². The van der Waals surface area contributed by atoms with Crippen molar-refractivity contribution in [1.29, 1.82) is 0 Å². The number of carbonyl (C=O) groups is 2. The van der Waals surface area contributed by atoms with Crippen LogP contribution in [0.3, 0.4) is 0 Å². The number of likely N-dealkylation sites (tertiary alicyclic amines) is 1. The Morgan fingerprint density at radius 3 is 2.50 bits per heavy atom. The number of carbonyl (C=O) groups excluding carboxylic acids is 2. The summed E-state index contributed by atoms with van der Waals surface area (Å²) in [6, 6.07) is -0.0719. The highest BCUT2D eigenvalue weighted by Gasteiger charge is 2.28. The zero-order chi connectivity index (χ0) is 19.2. The fourth-order valence-corrected chi connectivity index (χ4v) is 3.98. The maximum atomic E-state index is 12.3. The van der Waals surface area contributed by atoms with Gasteiger partial charge in [-0.15, -0.1) is 0 Å². The predicted octanol–water partition coefficient (Wildman–Crippen LogP) is 0.164. The second kappa shape index (κ2) is 9.52. The van der Waals surface area contributed by atoms with Gasteiger partial charge in [-0.25, -0.2) is 13.2 Å². The van der Waals surface area contributed by atoms with Crippen molar-refractivity contribution in [3.8, 4) is 0 Å². The van der Waals surface area contributed by atoms with E-state index in [2.05, 4.69) is 5.32 Å². The summed E-state index contributed by atoms with van der Waals surface area (Å²) in [7, 11) is -3.49. The molecule has 1 atom stereocenters. The third kappa shape index (κ3) is 6.40. The van der Waals surface area contributed by atoms with Crippen molar-refractivity contribution in [2.45, 2.75) is 44.8 Å². The minimum Gasteiger partial charge on any atom is -0.450 e. The lowest BCUT2D eigenvalue weighted by Crippen LogP contribution is -2.50. The number of hydrogen-bond acceptors (Lipinski definition) is 6. The molecule has 2 heterocycles. The van der Waals surface area contributed by atoms with Gasteiger partial charge >= 0.3 is 6.09 Å². The normalized spacial score (nSPS) is 21.8. The molecule has 9 nitrogen and oxygen atoms in total. The lowest BCUT2D eigenvalue weighted by Gasteiger charge is -2.32. The molecule has 0 aromatic rings. The number of nitrogens with one attached hydrogen (secondary N) is 1. The van der Waals surface area contributed by atoms with Crippen LogP contribution in [0.2, 0.25) is 0 Å². The van der Waals surface area contributed by atoms with Gasteiger partial charge in [0.05, 0.1) is 25.5 Å². The minimum absolute atomic E-state index is 0.0719. The molecule has 150 valence electrons. The van der Waals surface area contributed by atoms with E-state index in [-0.39, 0.29) is 37.2 Å². The molecule has 0 aromatic heterocycles. The van der Waals surface area contributed by atoms with Crippen LogP contribution in [-0.4, -0.2) is 87.4 Å². The van der Waals surface area contributed by atoms with Crippen molar-refractivity contribution in [2.24, 2.45) is 0 Å². The van der Waals surface area contributed by atoms with Gasteiger partial charge in [-0.1, -0.05) is 0 Å². The van der Waals surface area contributed by atoms with E-state index >= 15 is 0 Å². The number of sulfonamides is 1. The van der Waals surface area contributed by atoms with Crippen LogP contribution >= 0.6 is 0 Å². The van der Waals surface area contributed by atoms with Crippen LogP contribution in [0.1, 0.15) is 32.6 Å². The van der Waals surface area contributed by atoms with E-state index in [0.29, 0.717) is 39.1 Å². The molecular formula is C16H29N3O6S. The minimum atomic E-state index is -3.49. The predicted molar refractivity (Wildman–Crippen MR) is 95.2 cm³/mol. The number of amides is 2. The zero-order valence-corrected chi connectivity index (χ0v) is 16.3. The molecule has 0 spiro atoms. The fourth-order valence-electron chi connectivity index (χ4n) is 3.19. The smallest absolute Gasteiger partial charge is 0.409 e. The van der Waals surface area contributed by atoms with Gasteiger partial charge in [-0.3, -0.25) is 4.79 Å². The summed E-state index contributed by atoms with van der Waals surface area (Å²) in [5.41, 5.74) is 0. The summed E-state index contributed by atoms with van der Waals surface area (Å²) in [5.74, 6) is -0.331. The van der Waals surface area contributed by atoms with Gasteiger partial charge < -0.3 is 19.7 Å². The molecule has 26 heavy (non-hydrogen) atoms. The van der Waals surface area contributed by atoms with Gasteiger partial charge in [0.1, 0.15) is 0 Å². The summed E-state index contributed by atoms with van der Waals surface area (Å²) >= 11 is 0. The van der Waals surface area contributed by atoms with Crippen LogP contribution in [0.25, 0.3) is 0 Å². The van der Waals surface area contributed by atoms with E-state index in [1.165, 1.54) is 4.31 Å². The maximum absolute atomic E-state index is 12.3. The second-order valence-corrected chi connectivity index (χ2v) is 8.70. The highest BCUT2D eigenvalue weighted by atomic mass is 32.2. The first kappa shape index (κ1) is 20.9. The van der Waals surface area contributed by atoms with Crippen LogP contribution in [0.5, 0.6) is 0 Å². The van der Waals surface area contributed by atoms with Crippen LogP contribution in [-0.2, 0) is 24.3 Å². The monoisotopic (exact) mass is 391 g/mol. The van der Waals surface area contributed by atoms with E-state index in [4.69, 9.17) is 9.47 Å². The molecular weight excluding hydrogens is 362 g/mol. The first-order chi connectivity index (χ1) is 12.3. The first-order valence-electron chi connectivity index (χ1n) is 9.07. The van der Waals surface area contributed by atoms with Crippen molar-refractivity contribution in [3.05, 3.63) is 0 Å². The highest BCUT2D eigenvalue weighted by molar-refractivity contribution is 7.88. The molecule has 2 saturated heterocycles. The van der Waals surface area contributed by atoms with E-state index in [1.54, 1.807) is 11.8 Å². The Morgan fingerprint density at radius 1 is 1.27 bits per heavy atom. The van der Waals surface area contributed by atoms with E-state index in [1.807, 2.05) is 0 Å². The Labute approximate surface area is 155 Å². The number of rotatable bonds is 7. The Balaban J connectivity index is 1.80. The Morgan fingerprint density at radius 2 is 1.96 bits per heavy atom. The molecule has 2 fully saturated rings. The summed E-state index contributed by atoms with van der Waals surface area (Å²) in [6.07, 6.45) is 3.58. The number of piperidine rings is 1. The molecule has 1 N–H and O–H groups in total. The van der Waals surface area contributed by atoms with Gasteiger partial charge in [-0.2, -0.15) is 4.31 Å². The Bertz CT molecular complexity index is 583. The quantitative estimate of drug-likeness (QED) is 0.663. The lowest BCUT2D eigenvalue weighted by atomic mass is 10.1. The van der Waals surface area contributed by atoms with Crippen molar-refractivity contribution in [1.82, 2.24) is 14.5 Å². The Kier molecular flexibility index (Phi) is 7.66. The number of nitrogens with zero attached hydrogens (tertiary/aromatic N) is 2. The number of ether oxygens (including phenoxy) is 2. The second-order valence-electron chi connectivity index (χ2n) is 6.72. The van der Waals surface area contributed by atoms with E-state index in [9.17, 15) is 18.0 Å². The molecule has 0 aliphatic carbocycles. The average Bonchev–Trinajstić information content (AvgIpc) is 3.07. The summed E-state index contributed by atoms with van der Waals surface area (Å²) in [4.78, 5) is 25.6. The van der Waals surface area contributed by atoms with Crippen LogP contribution in [0, 0.1) is 0 Å². The molecule has 0 saturated carbocycles. The standard InChI is InChI=1S/C16H29N3O6S/c1-3-24-16(21)18-8-6-13(7-9-18)17-15(20)12-19(26(2,22)23)11-14-5-4-10-25-14/h13-14H,3-12H2,1-2H3,(H,17,20). The molecule has 0 aromatic carbocycles. The molecule has 2 aliphatic rings. The molecule has 1 unspecified atom stereocenters. The third-order valence-electron chi connectivity index (χ3n) is 4.61. The average molecular weight is 391 g/mol. The largest absolute Gasteiger partial charge is 0.450 e. The third-order valence-corrected chi connectivity index (χ3v) is 5.82. The maximum Gasteiger partial charge on any atom is 0.409 e. The van der Waals surface area contributed by atoms with Gasteiger partial charge in [-0.05, 0) is 32.6 Å². The SMILES string of the molecule is CCOC(=O)N1CCC(NC(=O)CN(CC2CCCO2)S(C)(=O)=O)CC1. The molecule has 0 radical (unpaired) electrons.